The van der Waals surface area contributed by atoms with E-state index in [-0.39, 0.29) is 6.04 Å². The van der Waals surface area contributed by atoms with Crippen LogP contribution in [0.3, 0.4) is 0 Å². The van der Waals surface area contributed by atoms with Crippen molar-refractivity contribution in [2.45, 2.75) is 25.1 Å². The first-order chi connectivity index (χ1) is 11.0. The van der Waals surface area contributed by atoms with Crippen molar-refractivity contribution in [1.82, 2.24) is 5.32 Å². The molecule has 2 heterocycles. The Bertz CT molecular complexity index is 815. The van der Waals surface area contributed by atoms with E-state index in [0.717, 1.165) is 27.9 Å². The number of anilines is 1. The molecule has 2 aromatic rings. The van der Waals surface area contributed by atoms with Crippen LogP contribution in [0.4, 0.5) is 5.69 Å². The average molecular weight is 410 g/mol. The van der Waals surface area contributed by atoms with Gasteiger partial charge in [-0.3, -0.25) is 4.90 Å². The minimum atomic E-state index is -0.533. The highest BCUT2D eigenvalue weighted by Crippen LogP contribution is 2.46. The molecule has 2 bridgehead atoms. The van der Waals surface area contributed by atoms with Crippen LogP contribution in [0.25, 0.3) is 0 Å². The van der Waals surface area contributed by atoms with E-state index in [1.165, 1.54) is 0 Å². The molecule has 2 aliphatic heterocycles. The summed E-state index contributed by atoms with van der Waals surface area (Å²) in [7, 11) is 0. The molecule has 0 radical (unpaired) electrons. The molecule has 0 aromatic heterocycles. The molecule has 0 aliphatic carbocycles. The van der Waals surface area contributed by atoms with Crippen molar-refractivity contribution in [3.05, 3.63) is 57.5 Å². The molecule has 0 saturated carbocycles. The van der Waals surface area contributed by atoms with Crippen LogP contribution in [0.5, 0.6) is 5.75 Å². The van der Waals surface area contributed by atoms with E-state index in [9.17, 15) is 0 Å². The van der Waals surface area contributed by atoms with E-state index in [0.29, 0.717) is 10.1 Å². The SMILES string of the molecule is C[C@@]12C[C@@H](NC(=S)N1c1cccc(Br)c1)c1cc(Cl)ccc1O2. The van der Waals surface area contributed by atoms with Gasteiger partial charge in [-0.05, 0) is 55.5 Å². The Morgan fingerprint density at radius 2 is 2.17 bits per heavy atom. The Hall–Kier alpha value is -1.30. The van der Waals surface area contributed by atoms with Gasteiger partial charge >= 0.3 is 0 Å². The fourth-order valence-corrected chi connectivity index (χ4v) is 4.36. The number of benzene rings is 2. The van der Waals surface area contributed by atoms with Crippen molar-refractivity contribution in [3.63, 3.8) is 0 Å². The third-order valence-electron chi connectivity index (χ3n) is 4.30. The summed E-state index contributed by atoms with van der Waals surface area (Å²) < 4.78 is 7.35. The molecule has 2 aliphatic rings. The summed E-state index contributed by atoms with van der Waals surface area (Å²) in [6.07, 6.45) is 0.785. The maximum atomic E-state index is 6.35. The van der Waals surface area contributed by atoms with Gasteiger partial charge in [-0.15, -0.1) is 0 Å². The number of thiocarbonyl (C=S) groups is 1. The number of nitrogens with zero attached hydrogens (tertiary/aromatic N) is 1. The largest absolute Gasteiger partial charge is 0.467 e. The van der Waals surface area contributed by atoms with Crippen LogP contribution in [-0.2, 0) is 0 Å². The van der Waals surface area contributed by atoms with Crippen LogP contribution in [0, 0.1) is 0 Å². The van der Waals surface area contributed by atoms with Crippen molar-refractivity contribution in [3.8, 4) is 5.75 Å². The van der Waals surface area contributed by atoms with Crippen molar-refractivity contribution in [2.75, 3.05) is 4.90 Å². The normalized spacial score (nSPS) is 25.4. The minimum absolute atomic E-state index is 0.110. The number of rotatable bonds is 1. The lowest BCUT2D eigenvalue weighted by Gasteiger charge is -2.52. The molecule has 2 atom stereocenters. The van der Waals surface area contributed by atoms with E-state index in [2.05, 4.69) is 28.2 Å². The third kappa shape index (κ3) is 2.51. The van der Waals surface area contributed by atoms with Crippen LogP contribution in [0.15, 0.2) is 46.9 Å². The Morgan fingerprint density at radius 1 is 1.35 bits per heavy atom. The first kappa shape index (κ1) is 15.2. The van der Waals surface area contributed by atoms with Crippen molar-refractivity contribution in [2.24, 2.45) is 0 Å². The summed E-state index contributed by atoms with van der Waals surface area (Å²) in [6, 6.07) is 13.9. The van der Waals surface area contributed by atoms with E-state index < -0.39 is 5.72 Å². The molecule has 6 heteroatoms. The number of halogens is 2. The standard InChI is InChI=1S/C17H14BrClN2OS/c1-17-9-14(13-8-11(19)5-6-15(13)22-17)20-16(23)21(17)12-4-2-3-10(18)7-12/h2-8,14H,9H2,1H3,(H,20,23)/t14-,17-/m1/s1. The van der Waals surface area contributed by atoms with Gasteiger partial charge in [0.25, 0.3) is 0 Å². The molecule has 4 rings (SSSR count). The lowest BCUT2D eigenvalue weighted by atomic mass is 9.90. The van der Waals surface area contributed by atoms with Crippen LogP contribution >= 0.6 is 39.7 Å². The van der Waals surface area contributed by atoms with Crippen LogP contribution in [-0.4, -0.2) is 10.8 Å². The van der Waals surface area contributed by atoms with Gasteiger partial charge in [-0.25, -0.2) is 0 Å². The van der Waals surface area contributed by atoms with Crippen LogP contribution < -0.4 is 15.0 Å². The van der Waals surface area contributed by atoms with Gasteiger partial charge in [0.2, 0.25) is 0 Å². The molecular formula is C17H14BrClN2OS. The second-order valence-corrected chi connectivity index (χ2v) is 7.72. The predicted octanol–water partition coefficient (Wildman–Crippen LogP) is 5.04. The number of hydrogen-bond acceptors (Lipinski definition) is 2. The van der Waals surface area contributed by atoms with Crippen LogP contribution in [0.2, 0.25) is 5.02 Å². The summed E-state index contributed by atoms with van der Waals surface area (Å²) >= 11 is 15.3. The van der Waals surface area contributed by atoms with Crippen molar-refractivity contribution >= 4 is 50.5 Å². The monoisotopic (exact) mass is 408 g/mol. The summed E-state index contributed by atoms with van der Waals surface area (Å²) in [5.74, 6) is 0.850. The van der Waals surface area contributed by atoms with Crippen LogP contribution in [0.1, 0.15) is 24.9 Å². The summed E-state index contributed by atoms with van der Waals surface area (Å²) in [5.41, 5.74) is 1.52. The highest BCUT2D eigenvalue weighted by molar-refractivity contribution is 9.10. The quantitative estimate of drug-likeness (QED) is 0.667. The zero-order valence-corrected chi connectivity index (χ0v) is 15.5. The number of nitrogens with one attached hydrogen (secondary N) is 1. The molecule has 2 aromatic carbocycles. The molecular weight excluding hydrogens is 396 g/mol. The van der Waals surface area contributed by atoms with Gasteiger partial charge in [0.1, 0.15) is 5.75 Å². The maximum Gasteiger partial charge on any atom is 0.188 e. The van der Waals surface area contributed by atoms with Gasteiger partial charge in [0.05, 0.1) is 6.04 Å². The fraction of sp³-hybridized carbons (Fsp3) is 0.235. The molecule has 118 valence electrons. The summed E-state index contributed by atoms with van der Waals surface area (Å²) in [6.45, 7) is 2.07. The zero-order valence-electron chi connectivity index (χ0n) is 12.3. The molecule has 1 saturated heterocycles. The molecule has 0 unspecified atom stereocenters. The maximum absolute atomic E-state index is 6.35. The summed E-state index contributed by atoms with van der Waals surface area (Å²) in [4.78, 5) is 2.04. The minimum Gasteiger partial charge on any atom is -0.467 e. The van der Waals surface area contributed by atoms with Gasteiger partial charge in [0, 0.05) is 27.2 Å². The molecule has 3 nitrogen and oxygen atoms in total. The number of ether oxygens (including phenoxy) is 1. The number of hydrogen-bond donors (Lipinski definition) is 1. The first-order valence-electron chi connectivity index (χ1n) is 7.31. The van der Waals surface area contributed by atoms with E-state index in [1.807, 2.05) is 47.4 Å². The molecule has 1 N–H and O–H groups in total. The number of fused-ring (bicyclic) bond motifs is 4. The summed E-state index contributed by atoms with van der Waals surface area (Å²) in [5, 5.41) is 4.79. The van der Waals surface area contributed by atoms with E-state index in [1.54, 1.807) is 0 Å². The lowest BCUT2D eigenvalue weighted by molar-refractivity contribution is 0.0498. The second-order valence-electron chi connectivity index (χ2n) is 5.98. The molecule has 1 fully saturated rings. The lowest BCUT2D eigenvalue weighted by Crippen LogP contribution is -2.65. The average Bonchev–Trinajstić information content (AvgIpc) is 2.47. The fourth-order valence-electron chi connectivity index (χ4n) is 3.35. The van der Waals surface area contributed by atoms with E-state index in [4.69, 9.17) is 28.6 Å². The van der Waals surface area contributed by atoms with Gasteiger partial charge in [-0.2, -0.15) is 0 Å². The second kappa shape index (κ2) is 5.36. The van der Waals surface area contributed by atoms with Gasteiger partial charge < -0.3 is 10.1 Å². The smallest absolute Gasteiger partial charge is 0.188 e. The molecule has 23 heavy (non-hydrogen) atoms. The van der Waals surface area contributed by atoms with Crippen molar-refractivity contribution in [1.29, 1.82) is 0 Å². The first-order valence-corrected chi connectivity index (χ1v) is 8.89. The highest BCUT2D eigenvalue weighted by atomic mass is 79.9. The Kier molecular flexibility index (Phi) is 3.55. The topological polar surface area (TPSA) is 24.5 Å². The molecule has 0 amide bonds. The molecule has 0 spiro atoms. The van der Waals surface area contributed by atoms with Gasteiger partial charge in [-0.1, -0.05) is 33.6 Å². The Balaban J connectivity index is 1.81. The highest BCUT2D eigenvalue weighted by Gasteiger charge is 2.48. The Labute approximate surface area is 153 Å². The zero-order chi connectivity index (χ0) is 16.2. The predicted molar refractivity (Wildman–Crippen MR) is 100 cm³/mol. The van der Waals surface area contributed by atoms with Crippen molar-refractivity contribution < 1.29 is 4.74 Å². The third-order valence-corrected chi connectivity index (χ3v) is 5.33. The Morgan fingerprint density at radius 3 is 2.96 bits per heavy atom. The van der Waals surface area contributed by atoms with Gasteiger partial charge in [0.15, 0.2) is 10.8 Å². The van der Waals surface area contributed by atoms with E-state index >= 15 is 0 Å².